The van der Waals surface area contributed by atoms with Crippen LogP contribution < -0.4 is 19.5 Å². The number of ether oxygens (including phenoxy) is 3. The van der Waals surface area contributed by atoms with Crippen molar-refractivity contribution in [3.63, 3.8) is 0 Å². The molecule has 4 aromatic rings. The summed E-state index contributed by atoms with van der Waals surface area (Å²) in [5.74, 6) is 1.22. The van der Waals surface area contributed by atoms with E-state index in [4.69, 9.17) is 14.2 Å². The van der Waals surface area contributed by atoms with Gasteiger partial charge in [-0.05, 0) is 93.3 Å². The lowest BCUT2D eigenvalue weighted by molar-refractivity contribution is -0.112. The summed E-state index contributed by atoms with van der Waals surface area (Å²) >= 11 is 3.57. The number of nitrogens with zero attached hydrogens (tertiary/aromatic N) is 1. The number of hydrogen-bond donors (Lipinski definition) is 1. The Kier molecular flexibility index (Phi) is 8.44. The van der Waals surface area contributed by atoms with Crippen LogP contribution in [0.2, 0.25) is 0 Å². The number of anilines is 1. The first-order valence-electron chi connectivity index (χ1n) is 11.6. The molecule has 6 nitrogen and oxygen atoms in total. The fourth-order valence-corrected chi connectivity index (χ4v) is 4.32. The highest BCUT2D eigenvalue weighted by atomic mass is 79.9. The minimum Gasteiger partial charge on any atom is -0.497 e. The third-order valence-electron chi connectivity index (χ3n) is 5.55. The molecule has 7 heteroatoms. The molecule has 0 fully saturated rings. The number of hydrogen-bond acceptors (Lipinski definition) is 5. The quantitative estimate of drug-likeness (QED) is 0.175. The summed E-state index contributed by atoms with van der Waals surface area (Å²) in [6, 6.07) is 26.8. The predicted molar refractivity (Wildman–Crippen MR) is 149 cm³/mol. The standard InChI is InChI=1S/C30H25BrN2O4/c1-3-36-28-17-21(15-24(18-32)30(34)33-25-10-12-26(35-2)13-11-25)16-27(31)29(28)37-19-20-8-9-22-6-4-5-7-23(22)14-20/h4-17H,3,19H2,1-2H3,(H,33,34)/b24-15+. The Morgan fingerprint density at radius 2 is 1.76 bits per heavy atom. The largest absolute Gasteiger partial charge is 0.497 e. The second kappa shape index (κ2) is 12.1. The molecule has 4 rings (SSSR count). The van der Waals surface area contributed by atoms with E-state index >= 15 is 0 Å². The van der Waals surface area contributed by atoms with Crippen molar-refractivity contribution in [3.8, 4) is 23.3 Å². The van der Waals surface area contributed by atoms with Crippen molar-refractivity contribution in [1.29, 1.82) is 5.26 Å². The second-order valence-corrected chi connectivity index (χ2v) is 8.94. The van der Waals surface area contributed by atoms with Gasteiger partial charge in [-0.25, -0.2) is 0 Å². The molecule has 0 saturated heterocycles. The zero-order chi connectivity index (χ0) is 26.2. The van der Waals surface area contributed by atoms with Crippen LogP contribution in [0.4, 0.5) is 5.69 Å². The Labute approximate surface area is 224 Å². The van der Waals surface area contributed by atoms with E-state index in [9.17, 15) is 10.1 Å². The fourth-order valence-electron chi connectivity index (χ4n) is 3.75. The predicted octanol–water partition coefficient (Wildman–Crippen LogP) is 7.13. The summed E-state index contributed by atoms with van der Waals surface area (Å²) in [7, 11) is 1.57. The number of nitrogens with one attached hydrogen (secondary N) is 1. The summed E-state index contributed by atoms with van der Waals surface area (Å²) < 4.78 is 17.8. The van der Waals surface area contributed by atoms with Crippen LogP contribution in [-0.2, 0) is 11.4 Å². The molecule has 1 amide bonds. The Hall–Kier alpha value is -4.28. The molecule has 1 N–H and O–H groups in total. The monoisotopic (exact) mass is 556 g/mol. The first kappa shape index (κ1) is 25.8. The molecule has 0 aromatic heterocycles. The van der Waals surface area contributed by atoms with E-state index in [1.165, 1.54) is 11.5 Å². The van der Waals surface area contributed by atoms with Gasteiger partial charge >= 0.3 is 0 Å². The lowest BCUT2D eigenvalue weighted by Crippen LogP contribution is -2.13. The first-order chi connectivity index (χ1) is 18.0. The Balaban J connectivity index is 1.54. The minimum absolute atomic E-state index is 0.0463. The van der Waals surface area contributed by atoms with Gasteiger partial charge < -0.3 is 19.5 Å². The molecule has 0 heterocycles. The van der Waals surface area contributed by atoms with E-state index in [2.05, 4.69) is 45.5 Å². The van der Waals surface area contributed by atoms with Crippen molar-refractivity contribution in [3.05, 3.63) is 100 Å². The molecule has 0 unspecified atom stereocenters. The third kappa shape index (κ3) is 6.49. The number of benzene rings is 4. The smallest absolute Gasteiger partial charge is 0.266 e. The van der Waals surface area contributed by atoms with Crippen molar-refractivity contribution in [1.82, 2.24) is 0 Å². The highest BCUT2D eigenvalue weighted by Gasteiger charge is 2.15. The van der Waals surface area contributed by atoms with Crippen LogP contribution in [0.1, 0.15) is 18.1 Å². The van der Waals surface area contributed by atoms with Crippen LogP contribution in [0.3, 0.4) is 0 Å². The third-order valence-corrected chi connectivity index (χ3v) is 6.14. The van der Waals surface area contributed by atoms with Gasteiger partial charge in [0.1, 0.15) is 24.0 Å². The molecule has 4 aromatic carbocycles. The normalized spacial score (nSPS) is 11.0. The Morgan fingerprint density at radius 3 is 2.46 bits per heavy atom. The summed E-state index contributed by atoms with van der Waals surface area (Å²) in [6.45, 7) is 2.66. The number of fused-ring (bicyclic) bond motifs is 1. The van der Waals surface area contributed by atoms with Crippen molar-refractivity contribution < 1.29 is 19.0 Å². The maximum Gasteiger partial charge on any atom is 0.266 e. The van der Waals surface area contributed by atoms with Crippen molar-refractivity contribution in [2.75, 3.05) is 19.0 Å². The maximum absolute atomic E-state index is 12.7. The minimum atomic E-state index is -0.515. The van der Waals surface area contributed by atoms with Crippen LogP contribution in [0.15, 0.2) is 88.9 Å². The second-order valence-electron chi connectivity index (χ2n) is 8.09. The molecule has 186 valence electrons. The molecule has 37 heavy (non-hydrogen) atoms. The van der Waals surface area contributed by atoms with E-state index < -0.39 is 5.91 Å². The number of halogens is 1. The molecule has 0 aliphatic carbocycles. The number of methoxy groups -OCH3 is 1. The zero-order valence-electron chi connectivity index (χ0n) is 20.5. The van der Waals surface area contributed by atoms with Gasteiger partial charge in [0.05, 0.1) is 18.2 Å². The summed E-state index contributed by atoms with van der Waals surface area (Å²) in [5.41, 5.74) is 2.16. The molecule has 0 saturated carbocycles. The zero-order valence-corrected chi connectivity index (χ0v) is 22.0. The molecule has 0 atom stereocenters. The molecule has 0 aliphatic rings. The van der Waals surface area contributed by atoms with Crippen molar-refractivity contribution in [2.24, 2.45) is 0 Å². The van der Waals surface area contributed by atoms with Gasteiger partial charge in [-0.2, -0.15) is 5.26 Å². The van der Waals surface area contributed by atoms with E-state index in [1.807, 2.05) is 31.2 Å². The van der Waals surface area contributed by atoms with Crippen LogP contribution in [0.25, 0.3) is 16.8 Å². The molecular weight excluding hydrogens is 532 g/mol. The first-order valence-corrected chi connectivity index (χ1v) is 12.4. The van der Waals surface area contributed by atoms with Gasteiger partial charge in [0, 0.05) is 5.69 Å². The van der Waals surface area contributed by atoms with Gasteiger partial charge in [0.25, 0.3) is 5.91 Å². The summed E-state index contributed by atoms with van der Waals surface area (Å²) in [5, 5.41) is 14.7. The van der Waals surface area contributed by atoms with E-state index in [0.29, 0.717) is 46.2 Å². The van der Waals surface area contributed by atoms with Gasteiger partial charge in [-0.1, -0.05) is 36.4 Å². The van der Waals surface area contributed by atoms with E-state index in [1.54, 1.807) is 43.5 Å². The van der Waals surface area contributed by atoms with Crippen LogP contribution in [0.5, 0.6) is 17.2 Å². The van der Waals surface area contributed by atoms with Crippen molar-refractivity contribution in [2.45, 2.75) is 13.5 Å². The van der Waals surface area contributed by atoms with Gasteiger partial charge in [-0.3, -0.25) is 4.79 Å². The van der Waals surface area contributed by atoms with Crippen molar-refractivity contribution >= 4 is 44.4 Å². The van der Waals surface area contributed by atoms with E-state index in [-0.39, 0.29) is 5.57 Å². The molecule has 0 spiro atoms. The number of rotatable bonds is 9. The summed E-state index contributed by atoms with van der Waals surface area (Å²) in [4.78, 5) is 12.7. The molecule has 0 radical (unpaired) electrons. The topological polar surface area (TPSA) is 80.6 Å². The van der Waals surface area contributed by atoms with Gasteiger partial charge in [-0.15, -0.1) is 0 Å². The lowest BCUT2D eigenvalue weighted by atomic mass is 10.1. The van der Waals surface area contributed by atoms with E-state index in [0.717, 1.165) is 10.9 Å². The van der Waals surface area contributed by atoms with Crippen LogP contribution in [0, 0.1) is 11.3 Å². The SMILES string of the molecule is CCOc1cc(/C=C(\C#N)C(=O)Nc2ccc(OC)cc2)cc(Br)c1OCc1ccc2ccccc2c1. The number of carbonyl (C=O) groups is 1. The summed E-state index contributed by atoms with van der Waals surface area (Å²) in [6.07, 6.45) is 1.51. The molecular formula is C30H25BrN2O4. The number of carbonyl (C=O) groups excluding carboxylic acids is 1. The van der Waals surface area contributed by atoms with Gasteiger partial charge in [0.15, 0.2) is 11.5 Å². The number of amides is 1. The van der Waals surface area contributed by atoms with Crippen LogP contribution >= 0.6 is 15.9 Å². The average Bonchev–Trinajstić information content (AvgIpc) is 2.91. The lowest BCUT2D eigenvalue weighted by Gasteiger charge is -2.15. The maximum atomic E-state index is 12.7. The molecule has 0 bridgehead atoms. The number of nitriles is 1. The highest BCUT2D eigenvalue weighted by Crippen LogP contribution is 2.38. The fraction of sp³-hybridized carbons (Fsp3) is 0.133. The van der Waals surface area contributed by atoms with Crippen LogP contribution in [-0.4, -0.2) is 19.6 Å². The van der Waals surface area contributed by atoms with Gasteiger partial charge in [0.2, 0.25) is 0 Å². The molecule has 0 aliphatic heterocycles. The Morgan fingerprint density at radius 1 is 1.00 bits per heavy atom. The average molecular weight is 557 g/mol. The highest BCUT2D eigenvalue weighted by molar-refractivity contribution is 9.10. The Bertz CT molecular complexity index is 1490.